The van der Waals surface area contributed by atoms with Gasteiger partial charge in [-0.2, -0.15) is 5.10 Å². The van der Waals surface area contributed by atoms with Crippen molar-refractivity contribution in [1.29, 1.82) is 0 Å². The summed E-state index contributed by atoms with van der Waals surface area (Å²) in [7, 11) is 0. The van der Waals surface area contributed by atoms with Crippen molar-refractivity contribution in [3.63, 3.8) is 0 Å². The Bertz CT molecular complexity index is 525. The Labute approximate surface area is 124 Å². The third-order valence-corrected chi connectivity index (χ3v) is 3.04. The normalized spacial score (nSPS) is 13.8. The fourth-order valence-electron chi connectivity index (χ4n) is 1.44. The van der Waals surface area contributed by atoms with E-state index in [9.17, 15) is 9.59 Å². The van der Waals surface area contributed by atoms with E-state index in [4.69, 9.17) is 10.5 Å². The number of nitrogens with two attached hydrogens (primary N) is 1. The molecule has 0 fully saturated rings. The zero-order chi connectivity index (χ0) is 16.0. The number of aromatic nitrogens is 2. The van der Waals surface area contributed by atoms with Crippen molar-refractivity contribution in [2.24, 2.45) is 11.7 Å². The molecule has 118 valence electrons. The average Bonchev–Trinajstić information content (AvgIpc) is 2.38. The summed E-state index contributed by atoms with van der Waals surface area (Å²) in [6.45, 7) is 7.94. The van der Waals surface area contributed by atoms with E-state index >= 15 is 0 Å². The number of ether oxygens (including phenoxy) is 1. The first-order chi connectivity index (χ1) is 9.79. The number of carbonyl (C=O) groups is 1. The molecule has 0 aliphatic carbocycles. The standard InChI is InChI=1S/C14H24N4O3/c1-9(2)11(4)17-13(19)7-18-14(20)5-12(6-16-18)21-8-10(3)15/h5-6,9-11H,7-8,15H2,1-4H3,(H,17,19). The highest BCUT2D eigenvalue weighted by Gasteiger charge is 2.12. The summed E-state index contributed by atoms with van der Waals surface area (Å²) in [6, 6.07) is 1.21. The second-order valence-corrected chi connectivity index (χ2v) is 5.58. The predicted octanol–water partition coefficient (Wildman–Crippen LogP) is 0.130. The monoisotopic (exact) mass is 296 g/mol. The van der Waals surface area contributed by atoms with Gasteiger partial charge in [-0.15, -0.1) is 0 Å². The van der Waals surface area contributed by atoms with Gasteiger partial charge >= 0.3 is 0 Å². The van der Waals surface area contributed by atoms with Crippen LogP contribution in [0.5, 0.6) is 5.75 Å². The Kier molecular flexibility index (Phi) is 6.36. The molecule has 7 nitrogen and oxygen atoms in total. The molecule has 3 N–H and O–H groups in total. The van der Waals surface area contributed by atoms with Crippen molar-refractivity contribution in [3.8, 4) is 5.75 Å². The van der Waals surface area contributed by atoms with Crippen LogP contribution in [0.15, 0.2) is 17.1 Å². The second-order valence-electron chi connectivity index (χ2n) is 5.58. The number of amides is 1. The molecule has 1 amide bonds. The highest BCUT2D eigenvalue weighted by atomic mass is 16.5. The van der Waals surface area contributed by atoms with Crippen LogP contribution in [0, 0.1) is 5.92 Å². The zero-order valence-electron chi connectivity index (χ0n) is 13.0. The Morgan fingerprint density at radius 2 is 2.10 bits per heavy atom. The molecule has 2 atom stereocenters. The van der Waals surface area contributed by atoms with Crippen molar-refractivity contribution in [1.82, 2.24) is 15.1 Å². The van der Waals surface area contributed by atoms with Crippen molar-refractivity contribution in [3.05, 3.63) is 22.6 Å². The highest BCUT2D eigenvalue weighted by Crippen LogP contribution is 2.04. The summed E-state index contributed by atoms with van der Waals surface area (Å²) in [5.74, 6) is 0.437. The topological polar surface area (TPSA) is 99.2 Å². The lowest BCUT2D eigenvalue weighted by molar-refractivity contribution is -0.122. The van der Waals surface area contributed by atoms with Crippen LogP contribution in [0.4, 0.5) is 0 Å². The minimum Gasteiger partial charge on any atom is -0.490 e. The van der Waals surface area contributed by atoms with Gasteiger partial charge < -0.3 is 15.8 Å². The highest BCUT2D eigenvalue weighted by molar-refractivity contribution is 5.75. The first kappa shape index (κ1) is 17.2. The summed E-state index contributed by atoms with van der Waals surface area (Å²) >= 11 is 0. The SMILES string of the molecule is CC(N)COc1cnn(CC(=O)NC(C)C(C)C)c(=O)c1. The van der Waals surface area contributed by atoms with E-state index in [2.05, 4.69) is 10.4 Å². The molecule has 0 spiro atoms. The lowest BCUT2D eigenvalue weighted by atomic mass is 10.1. The van der Waals surface area contributed by atoms with E-state index in [-0.39, 0.29) is 30.1 Å². The van der Waals surface area contributed by atoms with Gasteiger partial charge in [0, 0.05) is 18.2 Å². The molecule has 1 aromatic heterocycles. The Hall–Kier alpha value is -1.89. The third-order valence-electron chi connectivity index (χ3n) is 3.04. The number of hydrogen-bond acceptors (Lipinski definition) is 5. The first-order valence-electron chi connectivity index (χ1n) is 7.04. The van der Waals surface area contributed by atoms with Crippen molar-refractivity contribution in [2.45, 2.75) is 46.3 Å². The van der Waals surface area contributed by atoms with Crippen molar-refractivity contribution >= 4 is 5.91 Å². The fraction of sp³-hybridized carbons (Fsp3) is 0.643. The quantitative estimate of drug-likeness (QED) is 0.745. The van der Waals surface area contributed by atoms with Crippen LogP contribution in [0.2, 0.25) is 0 Å². The van der Waals surface area contributed by atoms with Gasteiger partial charge in [0.2, 0.25) is 5.91 Å². The van der Waals surface area contributed by atoms with Crippen LogP contribution in [-0.2, 0) is 11.3 Å². The molecule has 2 unspecified atom stereocenters. The summed E-state index contributed by atoms with van der Waals surface area (Å²) < 4.78 is 6.40. The van der Waals surface area contributed by atoms with E-state index in [1.165, 1.54) is 12.3 Å². The minimum atomic E-state index is -0.385. The van der Waals surface area contributed by atoms with Gasteiger partial charge in [0.15, 0.2) is 0 Å². The molecule has 1 heterocycles. The first-order valence-corrected chi connectivity index (χ1v) is 7.04. The molecule has 1 rings (SSSR count). The Balaban J connectivity index is 2.64. The van der Waals surface area contributed by atoms with Gasteiger partial charge in [0.25, 0.3) is 5.56 Å². The number of nitrogens with one attached hydrogen (secondary N) is 1. The molecule has 7 heteroatoms. The molecule has 0 aliphatic heterocycles. The maximum absolute atomic E-state index is 11.8. The number of hydrogen-bond donors (Lipinski definition) is 2. The number of nitrogens with zero attached hydrogens (tertiary/aromatic N) is 2. The third kappa shape index (κ3) is 5.95. The van der Waals surface area contributed by atoms with Gasteiger partial charge in [-0.1, -0.05) is 13.8 Å². The molecule has 1 aromatic rings. The largest absolute Gasteiger partial charge is 0.490 e. The molecular formula is C14H24N4O3. The van der Waals surface area contributed by atoms with E-state index in [0.717, 1.165) is 4.68 Å². The maximum Gasteiger partial charge on any atom is 0.270 e. The molecule has 0 radical (unpaired) electrons. The molecule has 21 heavy (non-hydrogen) atoms. The van der Waals surface area contributed by atoms with Crippen molar-refractivity contribution < 1.29 is 9.53 Å². The summed E-state index contributed by atoms with van der Waals surface area (Å²) in [5.41, 5.74) is 5.18. The summed E-state index contributed by atoms with van der Waals surface area (Å²) in [6.07, 6.45) is 1.41. The van der Waals surface area contributed by atoms with Gasteiger partial charge in [0.1, 0.15) is 18.9 Å². The molecule has 0 saturated carbocycles. The molecule has 0 aromatic carbocycles. The Morgan fingerprint density at radius 1 is 1.43 bits per heavy atom. The van der Waals surface area contributed by atoms with E-state index in [0.29, 0.717) is 18.3 Å². The van der Waals surface area contributed by atoms with Crippen LogP contribution in [-0.4, -0.2) is 34.4 Å². The predicted molar refractivity (Wildman–Crippen MR) is 80.1 cm³/mol. The minimum absolute atomic E-state index is 0.0434. The van der Waals surface area contributed by atoms with Gasteiger partial charge in [-0.3, -0.25) is 9.59 Å². The molecular weight excluding hydrogens is 272 g/mol. The van der Waals surface area contributed by atoms with E-state index in [1.807, 2.05) is 20.8 Å². The molecule has 0 saturated heterocycles. The smallest absolute Gasteiger partial charge is 0.270 e. The van der Waals surface area contributed by atoms with E-state index < -0.39 is 0 Å². The lowest BCUT2D eigenvalue weighted by Gasteiger charge is -2.17. The van der Waals surface area contributed by atoms with Crippen molar-refractivity contribution in [2.75, 3.05) is 6.61 Å². The summed E-state index contributed by atoms with van der Waals surface area (Å²) in [4.78, 5) is 23.7. The van der Waals surface area contributed by atoms with Crippen LogP contribution in [0.25, 0.3) is 0 Å². The lowest BCUT2D eigenvalue weighted by Crippen LogP contribution is -2.40. The zero-order valence-corrected chi connectivity index (χ0v) is 13.0. The van der Waals surface area contributed by atoms with Gasteiger partial charge in [-0.05, 0) is 19.8 Å². The maximum atomic E-state index is 11.8. The van der Waals surface area contributed by atoms with Gasteiger partial charge in [0.05, 0.1) is 6.20 Å². The molecule has 0 aliphatic rings. The number of rotatable bonds is 7. The van der Waals surface area contributed by atoms with E-state index in [1.54, 1.807) is 6.92 Å². The van der Waals surface area contributed by atoms with Crippen LogP contribution >= 0.6 is 0 Å². The van der Waals surface area contributed by atoms with Gasteiger partial charge in [-0.25, -0.2) is 4.68 Å². The average molecular weight is 296 g/mol. The van der Waals surface area contributed by atoms with Crippen LogP contribution in [0.1, 0.15) is 27.7 Å². The second kappa shape index (κ2) is 7.78. The van der Waals surface area contributed by atoms with Crippen LogP contribution in [0.3, 0.4) is 0 Å². The summed E-state index contributed by atoms with van der Waals surface area (Å²) in [5, 5.41) is 6.75. The Morgan fingerprint density at radius 3 is 2.62 bits per heavy atom. The molecule has 0 bridgehead atoms. The van der Waals surface area contributed by atoms with Crippen LogP contribution < -0.4 is 21.3 Å². The fourth-order valence-corrected chi connectivity index (χ4v) is 1.44. The number of carbonyl (C=O) groups excluding carboxylic acids is 1.